The Morgan fingerprint density at radius 1 is 0.297 bits per heavy atom. The van der Waals surface area contributed by atoms with Crippen LogP contribution in [-0.2, 0) is 102 Å². The van der Waals surface area contributed by atoms with Crippen LogP contribution in [-0.4, -0.2) is 267 Å². The fourth-order valence-electron chi connectivity index (χ4n) is 9.40. The van der Waals surface area contributed by atoms with Crippen LogP contribution in [0, 0.1) is 28.1 Å². The maximum Gasteiger partial charge on any atom is 0.223 e. The Bertz CT molecular complexity index is 2650. The molecule has 4 aromatic carbocycles. The number of carbonyl (C=O) groups is 1. The van der Waals surface area contributed by atoms with Gasteiger partial charge in [0.1, 0.15) is 105 Å². The SMILES string of the molecule is COCCN(CCOC)C(=O)CC(C)(C)C.COCCOCC(C)(C)C.COCCOCC(COCCOC)OCC(C)(C)C.COCCOc1cc(CC(C)C)cc(OCCOC)c1.COCCOc1cc(COc2cc(CC(C)C)cc(OCc3cc(OCCOC)cc(OCCOC)c3)c2)cc(OCCOC)c1. The van der Waals surface area contributed by atoms with Crippen LogP contribution in [0.15, 0.2) is 72.8 Å². The maximum atomic E-state index is 12.0. The maximum absolute atomic E-state index is 12.0. The van der Waals surface area contributed by atoms with E-state index in [9.17, 15) is 4.79 Å². The molecule has 0 saturated heterocycles. The predicted molar refractivity (Wildman–Crippen MR) is 437 cm³/mol. The van der Waals surface area contributed by atoms with Crippen LogP contribution in [0.25, 0.3) is 0 Å². The van der Waals surface area contributed by atoms with E-state index in [-0.39, 0.29) is 28.3 Å². The lowest BCUT2D eigenvalue weighted by Crippen LogP contribution is -2.38. The van der Waals surface area contributed by atoms with Crippen LogP contribution in [0.1, 0.15) is 119 Å². The van der Waals surface area contributed by atoms with E-state index in [1.54, 1.807) is 83.1 Å². The summed E-state index contributed by atoms with van der Waals surface area (Å²) in [5.41, 5.74) is 4.60. The molecule has 0 bridgehead atoms. The van der Waals surface area contributed by atoms with Gasteiger partial charge in [-0.25, -0.2) is 0 Å². The monoisotopic (exact) mass is 1580 g/mol. The van der Waals surface area contributed by atoms with E-state index < -0.39 is 0 Å². The van der Waals surface area contributed by atoms with Crippen molar-refractivity contribution in [3.05, 3.63) is 95.1 Å². The molecule has 0 aliphatic carbocycles. The molecule has 0 aliphatic rings. The Labute approximate surface area is 669 Å². The molecule has 0 unspecified atom stereocenters. The summed E-state index contributed by atoms with van der Waals surface area (Å²) in [4.78, 5) is 13.8. The van der Waals surface area contributed by atoms with Gasteiger partial charge in [-0.2, -0.15) is 0 Å². The lowest BCUT2D eigenvalue weighted by atomic mass is 9.91. The van der Waals surface area contributed by atoms with Crippen molar-refractivity contribution in [2.75, 3.05) is 250 Å². The van der Waals surface area contributed by atoms with Gasteiger partial charge in [-0.15, -0.1) is 0 Å². The molecule has 4 rings (SSSR count). The summed E-state index contributed by atoms with van der Waals surface area (Å²) in [6, 6.07) is 23.6. The van der Waals surface area contributed by atoms with E-state index in [0.29, 0.717) is 231 Å². The minimum absolute atomic E-state index is 0.0233. The normalized spacial score (nSPS) is 11.4. The third-order valence-electron chi connectivity index (χ3n) is 14.6. The van der Waals surface area contributed by atoms with Crippen molar-refractivity contribution < 1.29 is 114 Å². The van der Waals surface area contributed by atoms with Crippen LogP contribution in [0.5, 0.6) is 46.0 Å². The van der Waals surface area contributed by atoms with E-state index in [1.807, 2.05) is 48.5 Å². The number of nitrogens with zero attached hydrogens (tertiary/aromatic N) is 1. The molecule has 4 aromatic rings. The number of hydrogen-bond acceptors (Lipinski definition) is 24. The molecule has 111 heavy (non-hydrogen) atoms. The van der Waals surface area contributed by atoms with Gasteiger partial charge < -0.3 is 114 Å². The summed E-state index contributed by atoms with van der Waals surface area (Å²) < 4.78 is 125. The second kappa shape index (κ2) is 66.4. The van der Waals surface area contributed by atoms with Gasteiger partial charge in [-0.3, -0.25) is 4.79 Å². The molecule has 0 fully saturated rings. The van der Waals surface area contributed by atoms with Gasteiger partial charge in [0.05, 0.1) is 119 Å². The highest BCUT2D eigenvalue weighted by molar-refractivity contribution is 5.76. The second-order valence-electron chi connectivity index (χ2n) is 30.4. The number of hydrogen-bond donors (Lipinski definition) is 0. The highest BCUT2D eigenvalue weighted by atomic mass is 16.6. The highest BCUT2D eigenvalue weighted by Gasteiger charge is 2.22. The minimum atomic E-state index is -0.0482. The van der Waals surface area contributed by atoms with Crippen molar-refractivity contribution >= 4 is 5.91 Å². The Morgan fingerprint density at radius 2 is 0.550 bits per heavy atom. The quantitative estimate of drug-likeness (QED) is 0.0374. The molecule has 0 heterocycles. The van der Waals surface area contributed by atoms with Gasteiger partial charge in [0.25, 0.3) is 0 Å². The molecule has 0 N–H and O–H groups in total. The van der Waals surface area contributed by atoms with Gasteiger partial charge >= 0.3 is 0 Å². The van der Waals surface area contributed by atoms with Crippen molar-refractivity contribution in [3.63, 3.8) is 0 Å². The standard InChI is InChI=1S/C36H50O10.C16H26O4.C14H30O5.C12H25NO3.C8H18O2/c1-27(2)15-28-16-35(45-25-29-18-31(41-11-7-37-3)22-32(19-29)42-12-8-38-4)24-36(17-28)46-26-30-20-33(43-13-9-39-5)23-34(21-30)44-14-10-40-6;1-13(2)9-14-10-15(19-7-5-17-3)12-16(11-14)20-8-6-18-4;1-14(2,3)12-19-13(10-17-8-6-15-4)11-18-9-7-16-5;1-12(2,3)10-11(14)13(6-8-15-4)7-9-16-5;1-8(2,3)7-10-6-5-9-4/h16-24,27H,7-15,25-26H2,1-6H3;10-13H,5-9H2,1-4H3;13H,6-12H2,1-5H3;6-10H2,1-5H3;5-7H2,1-4H3. The largest absolute Gasteiger partial charge is 0.491 e. The number of amides is 1. The number of rotatable bonds is 57. The zero-order valence-corrected chi connectivity index (χ0v) is 72.8. The third kappa shape index (κ3) is 62.2. The Hall–Kier alpha value is -5.85. The van der Waals surface area contributed by atoms with Crippen LogP contribution in [0.2, 0.25) is 0 Å². The molecular formula is C86H149NO24. The van der Waals surface area contributed by atoms with Crippen LogP contribution in [0.4, 0.5) is 0 Å². The summed E-state index contributed by atoms with van der Waals surface area (Å²) in [7, 11) is 18.2. The van der Waals surface area contributed by atoms with E-state index >= 15 is 0 Å². The minimum Gasteiger partial charge on any atom is -0.491 e. The Kier molecular flexibility index (Phi) is 62.9. The van der Waals surface area contributed by atoms with Crippen molar-refractivity contribution in [1.29, 1.82) is 0 Å². The smallest absolute Gasteiger partial charge is 0.223 e. The number of carbonyl (C=O) groups excluding carboxylic acids is 1. The first-order chi connectivity index (χ1) is 53.0. The number of benzene rings is 4. The molecule has 25 nitrogen and oxygen atoms in total. The summed E-state index contributed by atoms with van der Waals surface area (Å²) in [5, 5.41) is 0. The molecule has 0 atom stereocenters. The van der Waals surface area contributed by atoms with E-state index in [2.05, 4.69) is 114 Å². The van der Waals surface area contributed by atoms with E-state index in [0.717, 1.165) is 47.6 Å². The molecule has 0 saturated carbocycles. The Morgan fingerprint density at radius 3 is 0.802 bits per heavy atom. The lowest BCUT2D eigenvalue weighted by molar-refractivity contribution is -0.134. The molecular weight excluding hydrogens is 1430 g/mol. The molecule has 25 heteroatoms. The van der Waals surface area contributed by atoms with Crippen LogP contribution >= 0.6 is 0 Å². The van der Waals surface area contributed by atoms with E-state index in [4.69, 9.17) is 109 Å². The third-order valence-corrected chi connectivity index (χ3v) is 14.6. The summed E-state index contributed by atoms with van der Waals surface area (Å²) in [6.45, 7) is 43.0. The van der Waals surface area contributed by atoms with E-state index in [1.165, 1.54) is 5.56 Å². The lowest BCUT2D eigenvalue weighted by Gasteiger charge is -2.26. The predicted octanol–water partition coefficient (Wildman–Crippen LogP) is 14.1. The number of ether oxygens (including phenoxy) is 23. The van der Waals surface area contributed by atoms with Crippen molar-refractivity contribution in [3.8, 4) is 46.0 Å². The molecule has 0 aliphatic heterocycles. The number of methoxy groups -OCH3 is 11. The van der Waals surface area contributed by atoms with Gasteiger partial charge in [-0.1, -0.05) is 90.0 Å². The first kappa shape index (κ1) is 105. The fourth-order valence-corrected chi connectivity index (χ4v) is 9.40. The molecule has 0 spiro atoms. The van der Waals surface area contributed by atoms with Gasteiger partial charge in [0.15, 0.2) is 0 Å². The van der Waals surface area contributed by atoms with Crippen LogP contribution < -0.4 is 37.9 Å². The average molecular weight is 1580 g/mol. The van der Waals surface area contributed by atoms with Gasteiger partial charge in [0.2, 0.25) is 5.91 Å². The first-order valence-electron chi connectivity index (χ1n) is 38.6. The molecule has 0 aromatic heterocycles. The molecule has 0 radical (unpaired) electrons. The van der Waals surface area contributed by atoms with Crippen molar-refractivity contribution in [2.24, 2.45) is 28.1 Å². The Balaban J connectivity index is 0.00000154. The molecule has 1 amide bonds. The van der Waals surface area contributed by atoms with Crippen molar-refractivity contribution in [2.45, 2.75) is 129 Å². The average Bonchev–Trinajstić information content (AvgIpc) is 0.850. The summed E-state index contributed by atoms with van der Waals surface area (Å²) >= 11 is 0. The highest BCUT2D eigenvalue weighted by Crippen LogP contribution is 2.31. The van der Waals surface area contributed by atoms with Gasteiger partial charge in [0, 0.05) is 122 Å². The second-order valence-corrected chi connectivity index (χ2v) is 30.4. The zero-order valence-electron chi connectivity index (χ0n) is 72.8. The summed E-state index contributed by atoms with van der Waals surface area (Å²) in [6.07, 6.45) is 2.39. The van der Waals surface area contributed by atoms with Gasteiger partial charge in [-0.05, 0) is 112 Å². The molecule has 642 valence electrons. The van der Waals surface area contributed by atoms with Crippen molar-refractivity contribution in [1.82, 2.24) is 4.90 Å². The first-order valence-corrected chi connectivity index (χ1v) is 38.6. The topological polar surface area (TPSA) is 233 Å². The zero-order chi connectivity index (χ0) is 83.0. The van der Waals surface area contributed by atoms with Crippen LogP contribution in [0.3, 0.4) is 0 Å². The fraction of sp³-hybridized carbons (Fsp3) is 0.709. The summed E-state index contributed by atoms with van der Waals surface area (Å²) in [5.74, 6) is 7.02.